The van der Waals surface area contributed by atoms with Gasteiger partial charge >= 0.3 is 0 Å². The van der Waals surface area contributed by atoms with Crippen LogP contribution in [-0.4, -0.2) is 29.5 Å². The summed E-state index contributed by atoms with van der Waals surface area (Å²) in [6.07, 6.45) is 3.66. The molecule has 2 amide bonds. The molecule has 6 nitrogen and oxygen atoms in total. The van der Waals surface area contributed by atoms with Crippen LogP contribution in [0.1, 0.15) is 26.7 Å². The minimum Gasteiger partial charge on any atom is -0.353 e. The van der Waals surface area contributed by atoms with Crippen molar-refractivity contribution in [2.24, 2.45) is 0 Å². The highest BCUT2D eigenvalue weighted by molar-refractivity contribution is 5.79. The Labute approximate surface area is 136 Å². The quantitative estimate of drug-likeness (QED) is 0.713. The third kappa shape index (κ3) is 4.55. The molecule has 2 aromatic rings. The number of hydrogen-bond donors (Lipinski definition) is 2. The molecular formula is C17H25N4O2+. The lowest BCUT2D eigenvalue weighted by molar-refractivity contribution is -0.659. The number of carbonyl (C=O) groups is 2. The van der Waals surface area contributed by atoms with Gasteiger partial charge in [0.15, 0.2) is 24.1 Å². The Bertz CT molecular complexity index is 622. The van der Waals surface area contributed by atoms with Gasteiger partial charge in [0.1, 0.15) is 0 Å². The fraction of sp³-hybridized carbons (Fsp3) is 0.471. The van der Waals surface area contributed by atoms with Crippen LogP contribution in [0.4, 0.5) is 0 Å². The van der Waals surface area contributed by atoms with Crippen molar-refractivity contribution in [2.75, 3.05) is 13.1 Å². The zero-order valence-corrected chi connectivity index (χ0v) is 13.8. The summed E-state index contributed by atoms with van der Waals surface area (Å²) in [5.74, 6) is -0.0367. The van der Waals surface area contributed by atoms with E-state index in [0.29, 0.717) is 13.1 Å². The first kappa shape index (κ1) is 17.0. The molecule has 23 heavy (non-hydrogen) atoms. The molecule has 1 aromatic carbocycles. The topological polar surface area (TPSA) is 67.0 Å². The average Bonchev–Trinajstić information content (AvgIpc) is 2.89. The molecule has 0 saturated heterocycles. The van der Waals surface area contributed by atoms with Gasteiger partial charge < -0.3 is 10.6 Å². The predicted octanol–water partition coefficient (Wildman–Crippen LogP) is 0.981. The van der Waals surface area contributed by atoms with Crippen molar-refractivity contribution in [1.29, 1.82) is 0 Å². The minimum atomic E-state index is -0.0183. The van der Waals surface area contributed by atoms with E-state index in [0.717, 1.165) is 23.9 Å². The standard InChI is InChI=1S/C17H24N4O2/c1-3-9-18-16(22)11-20-13-21(12-17(23)19-10-4-2)15-8-6-5-7-14(15)20/h5-8,13H,3-4,9-12H2,1-2H3,(H-,18,19,22,23)/p+1. The van der Waals surface area contributed by atoms with E-state index in [4.69, 9.17) is 0 Å². The summed E-state index contributed by atoms with van der Waals surface area (Å²) >= 11 is 0. The lowest BCUT2D eigenvalue weighted by Gasteiger charge is -2.01. The molecular weight excluding hydrogens is 292 g/mol. The van der Waals surface area contributed by atoms with Crippen LogP contribution in [0.2, 0.25) is 0 Å². The highest BCUT2D eigenvalue weighted by atomic mass is 16.2. The molecule has 0 bridgehead atoms. The molecule has 0 fully saturated rings. The lowest BCUT2D eigenvalue weighted by Crippen LogP contribution is -2.42. The van der Waals surface area contributed by atoms with E-state index >= 15 is 0 Å². The second-order valence-electron chi connectivity index (χ2n) is 5.56. The largest absolute Gasteiger partial charge is 0.353 e. The van der Waals surface area contributed by atoms with Crippen molar-refractivity contribution in [3.8, 4) is 0 Å². The van der Waals surface area contributed by atoms with Crippen LogP contribution >= 0.6 is 0 Å². The highest BCUT2D eigenvalue weighted by Crippen LogP contribution is 2.10. The van der Waals surface area contributed by atoms with Crippen LogP contribution in [0.15, 0.2) is 30.6 Å². The molecule has 1 heterocycles. The van der Waals surface area contributed by atoms with Gasteiger partial charge in [-0.2, -0.15) is 0 Å². The van der Waals surface area contributed by atoms with Gasteiger partial charge in [0, 0.05) is 13.1 Å². The summed E-state index contributed by atoms with van der Waals surface area (Å²) in [7, 11) is 0. The Morgan fingerprint density at radius 3 is 2.39 bits per heavy atom. The molecule has 0 aliphatic carbocycles. The number of nitrogens with one attached hydrogen (secondary N) is 2. The second-order valence-corrected chi connectivity index (χ2v) is 5.56. The van der Waals surface area contributed by atoms with E-state index < -0.39 is 0 Å². The van der Waals surface area contributed by atoms with Crippen molar-refractivity contribution in [2.45, 2.75) is 39.8 Å². The number of para-hydroxylation sites is 2. The second kappa shape index (κ2) is 8.31. The third-order valence-electron chi connectivity index (χ3n) is 3.55. The Hall–Kier alpha value is -2.37. The maximum absolute atomic E-state index is 12.0. The predicted molar refractivity (Wildman–Crippen MR) is 88.7 cm³/mol. The van der Waals surface area contributed by atoms with E-state index in [-0.39, 0.29) is 24.9 Å². The molecule has 0 radical (unpaired) electrons. The lowest BCUT2D eigenvalue weighted by atomic mass is 10.3. The van der Waals surface area contributed by atoms with Crippen molar-refractivity contribution >= 4 is 22.8 Å². The van der Waals surface area contributed by atoms with Crippen molar-refractivity contribution < 1.29 is 14.2 Å². The number of imidazole rings is 1. The fourth-order valence-corrected chi connectivity index (χ4v) is 2.44. The first-order valence-corrected chi connectivity index (χ1v) is 8.16. The maximum atomic E-state index is 12.0. The SMILES string of the molecule is CCCNC(=O)Cn1c[n+](CC(=O)NCCC)c2ccccc21. The Kier molecular flexibility index (Phi) is 6.14. The molecule has 0 spiro atoms. The highest BCUT2D eigenvalue weighted by Gasteiger charge is 2.19. The number of hydrogen-bond acceptors (Lipinski definition) is 2. The van der Waals surface area contributed by atoms with Crippen molar-refractivity contribution in [3.05, 3.63) is 30.6 Å². The molecule has 0 atom stereocenters. The van der Waals surface area contributed by atoms with Crippen LogP contribution in [0.25, 0.3) is 11.0 Å². The molecule has 2 rings (SSSR count). The zero-order chi connectivity index (χ0) is 16.7. The van der Waals surface area contributed by atoms with Crippen LogP contribution in [0, 0.1) is 0 Å². The fourth-order valence-electron chi connectivity index (χ4n) is 2.44. The van der Waals surface area contributed by atoms with Crippen LogP contribution < -0.4 is 15.2 Å². The zero-order valence-electron chi connectivity index (χ0n) is 13.8. The van der Waals surface area contributed by atoms with Gasteiger partial charge in [-0.25, -0.2) is 9.13 Å². The smallest absolute Gasteiger partial charge is 0.262 e. The Morgan fingerprint density at radius 1 is 1.04 bits per heavy atom. The van der Waals surface area contributed by atoms with E-state index in [1.807, 2.05) is 53.6 Å². The summed E-state index contributed by atoms with van der Waals surface area (Å²) in [4.78, 5) is 23.9. The maximum Gasteiger partial charge on any atom is 0.262 e. The third-order valence-corrected chi connectivity index (χ3v) is 3.55. The summed E-state index contributed by atoms with van der Waals surface area (Å²) in [6.45, 7) is 5.91. The number of carbonyl (C=O) groups excluding carboxylic acids is 2. The molecule has 0 unspecified atom stereocenters. The van der Waals surface area contributed by atoms with Crippen LogP contribution in [0.5, 0.6) is 0 Å². The van der Waals surface area contributed by atoms with Crippen molar-refractivity contribution in [1.82, 2.24) is 15.2 Å². The Balaban J connectivity index is 2.18. The summed E-state index contributed by atoms with van der Waals surface area (Å²) in [5, 5.41) is 5.75. The minimum absolute atomic E-state index is 0.0183. The average molecular weight is 317 g/mol. The van der Waals surface area contributed by atoms with Gasteiger partial charge in [-0.15, -0.1) is 0 Å². The number of amides is 2. The van der Waals surface area contributed by atoms with Crippen LogP contribution in [-0.2, 0) is 22.7 Å². The van der Waals surface area contributed by atoms with Gasteiger partial charge in [-0.1, -0.05) is 26.0 Å². The Morgan fingerprint density at radius 2 is 1.70 bits per heavy atom. The van der Waals surface area contributed by atoms with Gasteiger partial charge in [-0.3, -0.25) is 9.59 Å². The van der Waals surface area contributed by atoms with Gasteiger partial charge in [-0.05, 0) is 25.0 Å². The molecule has 2 N–H and O–H groups in total. The summed E-state index contributed by atoms with van der Waals surface area (Å²) < 4.78 is 3.76. The number of nitrogens with zero attached hydrogens (tertiary/aromatic N) is 2. The van der Waals surface area contributed by atoms with E-state index in [1.165, 1.54) is 0 Å². The molecule has 124 valence electrons. The number of rotatable bonds is 8. The van der Waals surface area contributed by atoms with E-state index in [2.05, 4.69) is 10.6 Å². The molecule has 6 heteroatoms. The van der Waals surface area contributed by atoms with Crippen molar-refractivity contribution in [3.63, 3.8) is 0 Å². The van der Waals surface area contributed by atoms with Crippen LogP contribution in [0.3, 0.4) is 0 Å². The van der Waals surface area contributed by atoms with Gasteiger partial charge in [0.25, 0.3) is 11.8 Å². The van der Waals surface area contributed by atoms with Gasteiger partial charge in [0.05, 0.1) is 0 Å². The number of benzene rings is 1. The molecule has 0 aliphatic heterocycles. The van der Waals surface area contributed by atoms with Gasteiger partial charge in [0.2, 0.25) is 6.33 Å². The molecule has 1 aromatic heterocycles. The first-order chi connectivity index (χ1) is 11.2. The summed E-state index contributed by atoms with van der Waals surface area (Å²) in [5.41, 5.74) is 1.89. The normalized spacial score (nSPS) is 10.7. The monoisotopic (exact) mass is 317 g/mol. The molecule has 0 saturated carbocycles. The summed E-state index contributed by atoms with van der Waals surface area (Å²) in [6, 6.07) is 7.79. The van der Waals surface area contributed by atoms with E-state index in [9.17, 15) is 9.59 Å². The first-order valence-electron chi connectivity index (χ1n) is 8.16. The number of fused-ring (bicyclic) bond motifs is 1. The number of aromatic nitrogens is 2. The molecule has 0 aliphatic rings. The van der Waals surface area contributed by atoms with E-state index in [1.54, 1.807) is 0 Å².